The van der Waals surface area contributed by atoms with E-state index in [4.69, 9.17) is 0 Å². The van der Waals surface area contributed by atoms with Gasteiger partial charge in [0.05, 0.1) is 12.5 Å². The van der Waals surface area contributed by atoms with Crippen LogP contribution in [0, 0.1) is 0 Å². The Morgan fingerprint density at radius 3 is 2.67 bits per heavy atom. The van der Waals surface area contributed by atoms with Gasteiger partial charge in [0.2, 0.25) is 5.91 Å². The highest BCUT2D eigenvalue weighted by Gasteiger charge is 2.42. The van der Waals surface area contributed by atoms with Crippen LogP contribution in [0.4, 0.5) is 5.69 Å². The quantitative estimate of drug-likeness (QED) is 0.865. The van der Waals surface area contributed by atoms with E-state index >= 15 is 0 Å². The Labute approximate surface area is 158 Å². The molecule has 0 aliphatic carbocycles. The highest BCUT2D eigenvalue weighted by Crippen LogP contribution is 2.44. The minimum atomic E-state index is -0.203. The summed E-state index contributed by atoms with van der Waals surface area (Å²) in [7, 11) is 0. The van der Waals surface area contributed by atoms with E-state index in [9.17, 15) is 9.59 Å². The number of amides is 2. The number of rotatable bonds is 2. The van der Waals surface area contributed by atoms with Crippen molar-refractivity contribution in [2.45, 2.75) is 30.7 Å². The number of carbonyl (C=O) groups is 2. The third-order valence-electron chi connectivity index (χ3n) is 6.45. The van der Waals surface area contributed by atoms with Crippen LogP contribution in [0.1, 0.15) is 46.8 Å². The summed E-state index contributed by atoms with van der Waals surface area (Å²) in [4.78, 5) is 26.9. The molecule has 2 amide bonds. The standard InChI is InChI=1S/C22H23N3O2/c26-20(13-19-15-5-1-2-6-16(15)21(27)24-19)25-11-9-22(10-12-25)14-23-18-8-4-3-7-17(18)22/h1-8,19,23H,9-14H2,(H,24,27)/t19-/m1/s1. The maximum atomic E-state index is 12.9. The number of para-hydroxylation sites is 1. The Bertz CT molecular complexity index is 915. The van der Waals surface area contributed by atoms with Gasteiger partial charge in [-0.1, -0.05) is 36.4 Å². The normalized spacial score (nSPS) is 22.1. The van der Waals surface area contributed by atoms with Crippen LogP contribution in [0.25, 0.3) is 0 Å². The van der Waals surface area contributed by atoms with Gasteiger partial charge in [-0.2, -0.15) is 0 Å². The SMILES string of the molecule is O=C1N[C@H](CC(=O)N2CCC3(CC2)CNc2ccccc23)c2ccccc21. The second kappa shape index (κ2) is 6.12. The topological polar surface area (TPSA) is 61.4 Å². The molecular formula is C22H23N3O2. The second-order valence-corrected chi connectivity index (χ2v) is 7.88. The van der Waals surface area contributed by atoms with Crippen molar-refractivity contribution in [1.82, 2.24) is 10.2 Å². The van der Waals surface area contributed by atoms with Crippen LogP contribution in [0.15, 0.2) is 48.5 Å². The van der Waals surface area contributed by atoms with Crippen LogP contribution in [-0.2, 0) is 10.2 Å². The molecular weight excluding hydrogens is 338 g/mol. The molecule has 138 valence electrons. The van der Waals surface area contributed by atoms with E-state index in [1.54, 1.807) is 0 Å². The fourth-order valence-electron chi connectivity index (χ4n) is 4.88. The molecule has 0 unspecified atom stereocenters. The molecule has 3 aliphatic heterocycles. The van der Waals surface area contributed by atoms with Gasteiger partial charge in [-0.25, -0.2) is 0 Å². The van der Waals surface area contributed by atoms with Gasteiger partial charge in [-0.3, -0.25) is 9.59 Å². The van der Waals surface area contributed by atoms with Gasteiger partial charge in [-0.05, 0) is 36.1 Å². The summed E-state index contributed by atoms with van der Waals surface area (Å²) >= 11 is 0. The van der Waals surface area contributed by atoms with Crippen molar-refractivity contribution in [3.63, 3.8) is 0 Å². The fraction of sp³-hybridized carbons (Fsp3) is 0.364. The number of hydrogen-bond acceptors (Lipinski definition) is 3. The molecule has 1 fully saturated rings. The molecule has 1 saturated heterocycles. The molecule has 5 nitrogen and oxygen atoms in total. The first kappa shape index (κ1) is 16.4. The van der Waals surface area contributed by atoms with Gasteiger partial charge in [0.15, 0.2) is 0 Å². The fourth-order valence-corrected chi connectivity index (χ4v) is 4.88. The van der Waals surface area contributed by atoms with Gasteiger partial charge >= 0.3 is 0 Å². The van der Waals surface area contributed by atoms with Gasteiger partial charge < -0.3 is 15.5 Å². The van der Waals surface area contributed by atoms with Crippen molar-refractivity contribution in [2.75, 3.05) is 25.0 Å². The zero-order chi connectivity index (χ0) is 18.4. The van der Waals surface area contributed by atoms with Gasteiger partial charge in [0.25, 0.3) is 5.91 Å². The second-order valence-electron chi connectivity index (χ2n) is 7.88. The number of benzene rings is 2. The number of nitrogens with zero attached hydrogens (tertiary/aromatic N) is 1. The van der Waals surface area contributed by atoms with E-state index in [-0.39, 0.29) is 23.3 Å². The van der Waals surface area contributed by atoms with Crippen LogP contribution < -0.4 is 10.6 Å². The Morgan fingerprint density at radius 1 is 1.07 bits per heavy atom. The Balaban J connectivity index is 1.26. The van der Waals surface area contributed by atoms with Crippen molar-refractivity contribution < 1.29 is 9.59 Å². The van der Waals surface area contributed by atoms with E-state index in [0.717, 1.165) is 38.0 Å². The molecule has 2 aromatic rings. The summed E-state index contributed by atoms with van der Waals surface area (Å²) in [5, 5.41) is 6.48. The number of hydrogen-bond donors (Lipinski definition) is 2. The predicted octanol–water partition coefficient (Wildman–Crippen LogP) is 2.85. The summed E-state index contributed by atoms with van der Waals surface area (Å²) in [6, 6.07) is 15.9. The van der Waals surface area contributed by atoms with Gasteiger partial charge in [0.1, 0.15) is 0 Å². The highest BCUT2D eigenvalue weighted by molar-refractivity contribution is 5.99. The van der Waals surface area contributed by atoms with Crippen molar-refractivity contribution in [1.29, 1.82) is 0 Å². The molecule has 3 heterocycles. The number of anilines is 1. The Kier molecular flexibility index (Phi) is 3.71. The third kappa shape index (κ3) is 2.60. The maximum Gasteiger partial charge on any atom is 0.252 e. The molecule has 2 N–H and O–H groups in total. The summed E-state index contributed by atoms with van der Waals surface area (Å²) in [5.41, 5.74) is 4.43. The van der Waals surface area contributed by atoms with Gasteiger partial charge in [-0.15, -0.1) is 0 Å². The zero-order valence-electron chi connectivity index (χ0n) is 15.2. The minimum Gasteiger partial charge on any atom is -0.384 e. The number of nitrogens with one attached hydrogen (secondary N) is 2. The van der Waals surface area contributed by atoms with Crippen molar-refractivity contribution >= 4 is 17.5 Å². The van der Waals surface area contributed by atoms with Gasteiger partial charge in [0, 0.05) is 36.3 Å². The first-order valence-corrected chi connectivity index (χ1v) is 9.67. The lowest BCUT2D eigenvalue weighted by Gasteiger charge is -2.39. The first-order chi connectivity index (χ1) is 13.2. The van der Waals surface area contributed by atoms with Crippen LogP contribution in [0.5, 0.6) is 0 Å². The van der Waals surface area contributed by atoms with Crippen molar-refractivity contribution in [2.24, 2.45) is 0 Å². The molecule has 0 saturated carbocycles. The van der Waals surface area contributed by atoms with Crippen molar-refractivity contribution in [3.05, 3.63) is 65.2 Å². The van der Waals surface area contributed by atoms with Crippen LogP contribution >= 0.6 is 0 Å². The molecule has 0 aromatic heterocycles. The van der Waals surface area contributed by atoms with Crippen LogP contribution in [0.3, 0.4) is 0 Å². The molecule has 0 radical (unpaired) electrons. The molecule has 1 spiro atoms. The lowest BCUT2D eigenvalue weighted by atomic mass is 9.74. The molecule has 3 aliphatic rings. The van der Waals surface area contributed by atoms with E-state index < -0.39 is 0 Å². The smallest absolute Gasteiger partial charge is 0.252 e. The number of likely N-dealkylation sites (tertiary alicyclic amines) is 1. The monoisotopic (exact) mass is 361 g/mol. The van der Waals surface area contributed by atoms with E-state index in [1.165, 1.54) is 11.3 Å². The zero-order valence-corrected chi connectivity index (χ0v) is 15.2. The maximum absolute atomic E-state index is 12.9. The molecule has 5 rings (SSSR count). The van der Waals surface area contributed by atoms with Crippen LogP contribution in [-0.4, -0.2) is 36.3 Å². The number of carbonyl (C=O) groups excluding carboxylic acids is 2. The van der Waals surface area contributed by atoms with Crippen molar-refractivity contribution in [3.8, 4) is 0 Å². The number of fused-ring (bicyclic) bond motifs is 3. The predicted molar refractivity (Wildman–Crippen MR) is 104 cm³/mol. The summed E-state index contributed by atoms with van der Waals surface area (Å²) in [6.07, 6.45) is 2.30. The lowest BCUT2D eigenvalue weighted by Crippen LogP contribution is -2.46. The average molecular weight is 361 g/mol. The largest absolute Gasteiger partial charge is 0.384 e. The molecule has 2 aromatic carbocycles. The molecule has 5 heteroatoms. The highest BCUT2D eigenvalue weighted by atomic mass is 16.2. The molecule has 27 heavy (non-hydrogen) atoms. The third-order valence-corrected chi connectivity index (χ3v) is 6.45. The van der Waals surface area contributed by atoms with Crippen LogP contribution in [0.2, 0.25) is 0 Å². The lowest BCUT2D eigenvalue weighted by molar-refractivity contribution is -0.133. The van der Waals surface area contributed by atoms with E-state index in [2.05, 4.69) is 34.9 Å². The van der Waals surface area contributed by atoms with E-state index in [0.29, 0.717) is 12.0 Å². The summed E-state index contributed by atoms with van der Waals surface area (Å²) in [6.45, 7) is 2.51. The molecule has 1 atom stereocenters. The Hall–Kier alpha value is -2.82. The Morgan fingerprint density at radius 2 is 1.81 bits per heavy atom. The first-order valence-electron chi connectivity index (χ1n) is 9.67. The molecule has 0 bridgehead atoms. The average Bonchev–Trinajstić information content (AvgIpc) is 3.22. The number of piperidine rings is 1. The minimum absolute atomic E-state index is 0.0744. The summed E-state index contributed by atoms with van der Waals surface area (Å²) < 4.78 is 0. The summed E-state index contributed by atoms with van der Waals surface area (Å²) in [5.74, 6) is 0.0562. The van der Waals surface area contributed by atoms with E-state index in [1.807, 2.05) is 29.2 Å².